The minimum Gasteiger partial charge on any atom is -0.353 e. The van der Waals surface area contributed by atoms with E-state index in [1.165, 1.54) is 6.92 Å². The predicted molar refractivity (Wildman–Crippen MR) is 119 cm³/mol. The summed E-state index contributed by atoms with van der Waals surface area (Å²) in [6, 6.07) is 14.4. The first kappa shape index (κ1) is 20.5. The van der Waals surface area contributed by atoms with E-state index in [4.69, 9.17) is 0 Å². The van der Waals surface area contributed by atoms with Gasteiger partial charge in [-0.15, -0.1) is 0 Å². The van der Waals surface area contributed by atoms with Crippen LogP contribution >= 0.6 is 0 Å². The van der Waals surface area contributed by atoms with Crippen molar-refractivity contribution < 1.29 is 9.59 Å². The van der Waals surface area contributed by atoms with Gasteiger partial charge in [0.15, 0.2) is 5.78 Å². The summed E-state index contributed by atoms with van der Waals surface area (Å²) in [6.45, 7) is 5.92. The van der Waals surface area contributed by atoms with Gasteiger partial charge in [0, 0.05) is 49.6 Å². The highest BCUT2D eigenvalue weighted by molar-refractivity contribution is 5.97. The number of carbonyl (C=O) groups excluding carboxylic acids is 2. The fourth-order valence-corrected chi connectivity index (χ4v) is 3.51. The first-order chi connectivity index (χ1) is 15.0. The normalized spacial score (nSPS) is 13.7. The van der Waals surface area contributed by atoms with Crippen molar-refractivity contribution in [3.63, 3.8) is 0 Å². The second-order valence-corrected chi connectivity index (χ2v) is 7.41. The van der Waals surface area contributed by atoms with Crippen molar-refractivity contribution in [2.24, 2.45) is 0 Å². The van der Waals surface area contributed by atoms with E-state index in [2.05, 4.69) is 25.2 Å². The number of aromatic nitrogens is 3. The van der Waals surface area contributed by atoms with Crippen LogP contribution in [0.25, 0.3) is 0 Å². The smallest absolute Gasteiger partial charge is 0.253 e. The zero-order valence-electron chi connectivity index (χ0n) is 17.6. The lowest BCUT2D eigenvalue weighted by atomic mass is 10.1. The molecule has 4 rings (SSSR count). The molecule has 0 radical (unpaired) electrons. The zero-order valence-corrected chi connectivity index (χ0v) is 17.6. The maximum absolute atomic E-state index is 12.8. The van der Waals surface area contributed by atoms with E-state index in [-0.39, 0.29) is 11.7 Å². The molecule has 1 aliphatic heterocycles. The van der Waals surface area contributed by atoms with Crippen molar-refractivity contribution in [1.82, 2.24) is 19.9 Å². The number of carbonyl (C=O) groups is 2. The lowest BCUT2D eigenvalue weighted by molar-refractivity contribution is 0.0746. The van der Waals surface area contributed by atoms with Gasteiger partial charge in [0.2, 0.25) is 0 Å². The number of benzene rings is 1. The molecule has 0 spiro atoms. The number of anilines is 3. The lowest BCUT2D eigenvalue weighted by Crippen LogP contribution is -2.49. The maximum atomic E-state index is 12.8. The molecule has 1 saturated heterocycles. The van der Waals surface area contributed by atoms with Gasteiger partial charge in [0.05, 0.1) is 0 Å². The van der Waals surface area contributed by atoms with E-state index in [1.807, 2.05) is 36.1 Å². The van der Waals surface area contributed by atoms with E-state index < -0.39 is 0 Å². The number of aryl methyl sites for hydroxylation is 1. The second kappa shape index (κ2) is 8.91. The van der Waals surface area contributed by atoms with Crippen molar-refractivity contribution in [3.05, 3.63) is 71.7 Å². The summed E-state index contributed by atoms with van der Waals surface area (Å²) in [7, 11) is 0. The van der Waals surface area contributed by atoms with Crippen LogP contribution in [0.5, 0.6) is 0 Å². The number of amides is 1. The Morgan fingerprint density at radius 1 is 0.903 bits per heavy atom. The molecule has 1 fully saturated rings. The third kappa shape index (κ3) is 4.85. The largest absolute Gasteiger partial charge is 0.353 e. The number of nitrogens with one attached hydrogen (secondary N) is 1. The summed E-state index contributed by atoms with van der Waals surface area (Å²) in [5, 5.41) is 3.21. The highest BCUT2D eigenvalue weighted by Gasteiger charge is 2.23. The van der Waals surface area contributed by atoms with E-state index >= 15 is 0 Å². The van der Waals surface area contributed by atoms with Gasteiger partial charge >= 0.3 is 0 Å². The number of nitrogens with zero attached hydrogens (tertiary/aromatic N) is 5. The number of Topliss-reactive ketones (excluding diaryl/α,β-unsaturated/α-hetero) is 1. The van der Waals surface area contributed by atoms with Crippen LogP contribution in [0.4, 0.5) is 17.5 Å². The number of hydrogen-bond acceptors (Lipinski definition) is 7. The van der Waals surface area contributed by atoms with Crippen molar-refractivity contribution in [1.29, 1.82) is 0 Å². The predicted octanol–water partition coefficient (Wildman–Crippen LogP) is 3.09. The van der Waals surface area contributed by atoms with Gasteiger partial charge in [-0.2, -0.15) is 0 Å². The van der Waals surface area contributed by atoms with Crippen LogP contribution < -0.4 is 10.2 Å². The quantitative estimate of drug-likeness (QED) is 0.639. The summed E-state index contributed by atoms with van der Waals surface area (Å²) < 4.78 is 0. The Morgan fingerprint density at radius 3 is 2.26 bits per heavy atom. The molecule has 0 saturated carbocycles. The van der Waals surface area contributed by atoms with Crippen LogP contribution in [-0.4, -0.2) is 57.7 Å². The Labute approximate surface area is 181 Å². The molecule has 158 valence electrons. The van der Waals surface area contributed by atoms with Gasteiger partial charge < -0.3 is 15.1 Å². The summed E-state index contributed by atoms with van der Waals surface area (Å²) in [5.41, 5.74) is 1.20. The average Bonchev–Trinajstić information content (AvgIpc) is 2.79. The molecule has 1 amide bonds. The molecule has 0 aliphatic carbocycles. The monoisotopic (exact) mass is 416 g/mol. The Hall–Kier alpha value is -3.81. The van der Waals surface area contributed by atoms with Crippen LogP contribution in [0.3, 0.4) is 0 Å². The minimum absolute atomic E-state index is 0.00957. The van der Waals surface area contributed by atoms with E-state index in [0.29, 0.717) is 48.9 Å². The first-order valence-corrected chi connectivity index (χ1v) is 10.2. The second-order valence-electron chi connectivity index (χ2n) is 7.41. The number of ketones is 1. The molecule has 0 unspecified atom stereocenters. The summed E-state index contributed by atoms with van der Waals surface area (Å²) in [5.74, 6) is 2.86. The third-order valence-corrected chi connectivity index (χ3v) is 5.17. The number of rotatable bonds is 5. The number of pyridine rings is 1. The third-order valence-electron chi connectivity index (χ3n) is 5.17. The molecule has 0 atom stereocenters. The fraction of sp³-hybridized carbons (Fsp3) is 0.261. The Morgan fingerprint density at radius 2 is 1.61 bits per heavy atom. The minimum atomic E-state index is -0.0221. The van der Waals surface area contributed by atoms with E-state index in [1.54, 1.807) is 30.5 Å². The van der Waals surface area contributed by atoms with Gasteiger partial charge in [-0.3, -0.25) is 9.59 Å². The maximum Gasteiger partial charge on any atom is 0.253 e. The topological polar surface area (TPSA) is 91.3 Å². The van der Waals surface area contributed by atoms with Gasteiger partial charge in [-0.1, -0.05) is 18.2 Å². The van der Waals surface area contributed by atoms with E-state index in [9.17, 15) is 9.59 Å². The van der Waals surface area contributed by atoms with Crippen LogP contribution in [0.2, 0.25) is 0 Å². The van der Waals surface area contributed by atoms with Crippen molar-refractivity contribution in [2.75, 3.05) is 36.4 Å². The molecular formula is C23H24N6O2. The summed E-state index contributed by atoms with van der Waals surface area (Å²) in [4.78, 5) is 41.5. The summed E-state index contributed by atoms with van der Waals surface area (Å²) >= 11 is 0. The molecule has 31 heavy (non-hydrogen) atoms. The molecule has 8 heteroatoms. The van der Waals surface area contributed by atoms with Crippen molar-refractivity contribution >= 4 is 29.1 Å². The Bertz CT molecular complexity index is 1080. The average molecular weight is 416 g/mol. The molecule has 1 aliphatic rings. The highest BCUT2D eigenvalue weighted by atomic mass is 16.2. The molecule has 3 heterocycles. The SMILES string of the molecule is CC(=O)c1ccc(C(=O)N2CCN(c3cc(Nc4ccccn4)nc(C)n3)CC2)cc1. The number of hydrogen-bond donors (Lipinski definition) is 1. The molecular weight excluding hydrogens is 392 g/mol. The highest BCUT2D eigenvalue weighted by Crippen LogP contribution is 2.20. The van der Waals surface area contributed by atoms with Crippen LogP contribution in [-0.2, 0) is 0 Å². The summed E-state index contributed by atoms with van der Waals surface area (Å²) in [6.07, 6.45) is 1.72. The standard InChI is InChI=1S/C23H24N6O2/c1-16(30)18-6-8-19(9-7-18)23(31)29-13-11-28(12-14-29)22-15-21(25-17(2)26-22)27-20-5-3-4-10-24-20/h3-10,15H,11-14H2,1-2H3,(H,24,25,26,27). The van der Waals surface area contributed by atoms with Gasteiger partial charge in [-0.05, 0) is 38.1 Å². The molecule has 1 aromatic carbocycles. The number of piperazine rings is 1. The Balaban J connectivity index is 1.41. The Kier molecular flexibility index (Phi) is 5.88. The lowest BCUT2D eigenvalue weighted by Gasteiger charge is -2.35. The fourth-order valence-electron chi connectivity index (χ4n) is 3.51. The van der Waals surface area contributed by atoms with Crippen LogP contribution in [0.1, 0.15) is 33.5 Å². The van der Waals surface area contributed by atoms with Crippen molar-refractivity contribution in [3.8, 4) is 0 Å². The van der Waals surface area contributed by atoms with Gasteiger partial charge in [0.1, 0.15) is 23.3 Å². The first-order valence-electron chi connectivity index (χ1n) is 10.2. The molecule has 1 N–H and O–H groups in total. The van der Waals surface area contributed by atoms with Crippen LogP contribution in [0, 0.1) is 6.92 Å². The molecule has 3 aromatic rings. The van der Waals surface area contributed by atoms with Gasteiger partial charge in [-0.25, -0.2) is 15.0 Å². The van der Waals surface area contributed by atoms with Gasteiger partial charge in [0.25, 0.3) is 5.91 Å². The van der Waals surface area contributed by atoms with E-state index in [0.717, 1.165) is 11.6 Å². The zero-order chi connectivity index (χ0) is 21.8. The van der Waals surface area contributed by atoms with Crippen LogP contribution in [0.15, 0.2) is 54.7 Å². The molecule has 8 nitrogen and oxygen atoms in total. The van der Waals surface area contributed by atoms with Crippen molar-refractivity contribution in [2.45, 2.75) is 13.8 Å². The molecule has 0 bridgehead atoms. The molecule has 2 aromatic heterocycles.